The summed E-state index contributed by atoms with van der Waals surface area (Å²) in [6, 6.07) is 0. The minimum atomic E-state index is -4.01. The van der Waals surface area contributed by atoms with Crippen molar-refractivity contribution < 1.29 is 27.9 Å². The Morgan fingerprint density at radius 3 is 2.05 bits per heavy atom. The fourth-order valence-electron chi connectivity index (χ4n) is 1.16. The van der Waals surface area contributed by atoms with Crippen molar-refractivity contribution in [1.82, 2.24) is 5.32 Å². The molecule has 12 heteroatoms. The lowest BCUT2D eigenvalue weighted by Gasteiger charge is -2.25. The van der Waals surface area contributed by atoms with Gasteiger partial charge in [0.25, 0.3) is 5.24 Å². The predicted molar refractivity (Wildman–Crippen MR) is 83.4 cm³/mol. The van der Waals surface area contributed by atoms with E-state index < -0.39 is 35.0 Å². The molecular weight excluding hydrogens is 388 g/mol. The average Bonchev–Trinajstić information content (AvgIpc) is 2.32. The molecule has 0 aliphatic rings. The van der Waals surface area contributed by atoms with Crippen molar-refractivity contribution >= 4 is 66.2 Å². The second-order valence-electron chi connectivity index (χ2n) is 3.45. The third-order valence-electron chi connectivity index (χ3n) is 1.80. The van der Waals surface area contributed by atoms with Gasteiger partial charge in [-0.3, -0.25) is 9.36 Å². The van der Waals surface area contributed by atoms with Crippen LogP contribution in [0.3, 0.4) is 0 Å². The van der Waals surface area contributed by atoms with E-state index in [1.807, 2.05) is 5.32 Å². The van der Waals surface area contributed by atoms with E-state index in [2.05, 4.69) is 12.6 Å². The lowest BCUT2D eigenvalue weighted by atomic mass is 10.6. The molecule has 0 radical (unpaired) electrons. The van der Waals surface area contributed by atoms with Crippen LogP contribution >= 0.6 is 55.0 Å². The van der Waals surface area contributed by atoms with Crippen LogP contribution in [0.2, 0.25) is 0 Å². The molecule has 21 heavy (non-hydrogen) atoms. The van der Waals surface area contributed by atoms with Crippen LogP contribution in [0, 0.1) is 0 Å². The van der Waals surface area contributed by atoms with E-state index in [9.17, 15) is 14.2 Å². The highest BCUT2D eigenvalue weighted by atomic mass is 35.6. The molecule has 1 amide bonds. The second kappa shape index (κ2) is 9.45. The molecule has 124 valence electrons. The topological polar surface area (TPSA) is 90.9 Å². The maximum Gasteiger partial charge on any atom is 0.364 e. The first-order valence-corrected chi connectivity index (χ1v) is 8.86. The van der Waals surface area contributed by atoms with Crippen LogP contribution in [0.15, 0.2) is 0 Å². The summed E-state index contributed by atoms with van der Waals surface area (Å²) in [5.41, 5.74) is 0. The Labute approximate surface area is 142 Å². The van der Waals surface area contributed by atoms with Crippen molar-refractivity contribution in [2.24, 2.45) is 0 Å². The molecule has 0 aliphatic carbocycles. The first-order valence-electron chi connectivity index (χ1n) is 5.67. The highest BCUT2D eigenvalue weighted by molar-refractivity contribution is 7.96. The SMILES string of the molecule is CCOP(=O)(OCC)C(NC(=O)S)C(=O)OCC(Cl)(Cl)Cl. The van der Waals surface area contributed by atoms with Crippen LogP contribution in [0.25, 0.3) is 0 Å². The molecule has 1 unspecified atom stereocenters. The summed E-state index contributed by atoms with van der Waals surface area (Å²) >= 11 is 19.8. The Hall–Kier alpha value is 0.310. The molecule has 0 fully saturated rings. The zero-order chi connectivity index (χ0) is 16.7. The normalized spacial score (nSPS) is 13.6. The van der Waals surface area contributed by atoms with E-state index in [1.165, 1.54) is 13.8 Å². The van der Waals surface area contributed by atoms with Crippen molar-refractivity contribution in [3.05, 3.63) is 0 Å². The molecule has 0 saturated carbocycles. The smallest absolute Gasteiger partial charge is 0.364 e. The molecule has 0 spiro atoms. The van der Waals surface area contributed by atoms with Gasteiger partial charge in [0, 0.05) is 0 Å². The molecule has 0 rings (SSSR count). The molecule has 0 heterocycles. The highest BCUT2D eigenvalue weighted by Gasteiger charge is 2.44. The van der Waals surface area contributed by atoms with Gasteiger partial charge in [-0.15, -0.1) is 0 Å². The first-order chi connectivity index (χ1) is 9.55. The molecule has 0 aromatic rings. The number of amides is 1. The van der Waals surface area contributed by atoms with Crippen molar-refractivity contribution in [2.45, 2.75) is 23.4 Å². The van der Waals surface area contributed by atoms with Crippen molar-refractivity contribution in [2.75, 3.05) is 19.8 Å². The third kappa shape index (κ3) is 8.50. The van der Waals surface area contributed by atoms with Gasteiger partial charge >= 0.3 is 13.6 Å². The molecule has 0 aromatic heterocycles. The van der Waals surface area contributed by atoms with Crippen LogP contribution in [-0.2, 0) is 23.1 Å². The summed E-state index contributed by atoms with van der Waals surface area (Å²) in [6.45, 7) is 2.44. The van der Waals surface area contributed by atoms with Gasteiger partial charge in [-0.25, -0.2) is 4.79 Å². The Morgan fingerprint density at radius 1 is 1.24 bits per heavy atom. The van der Waals surface area contributed by atoms with E-state index in [0.717, 1.165) is 0 Å². The fourth-order valence-corrected chi connectivity index (χ4v) is 3.26. The van der Waals surface area contributed by atoms with Gasteiger partial charge in [-0.2, -0.15) is 0 Å². The Kier molecular flexibility index (Phi) is 9.59. The first kappa shape index (κ1) is 21.3. The van der Waals surface area contributed by atoms with Gasteiger partial charge in [0.2, 0.25) is 9.58 Å². The van der Waals surface area contributed by atoms with Crippen molar-refractivity contribution in [3.63, 3.8) is 0 Å². The quantitative estimate of drug-likeness (QED) is 0.280. The summed E-state index contributed by atoms with van der Waals surface area (Å²) < 4.78 is 25.3. The number of carbonyl (C=O) groups is 2. The Balaban J connectivity index is 5.19. The molecular formula is C9H15Cl3NO6PS. The Morgan fingerprint density at radius 2 is 1.71 bits per heavy atom. The number of hydrogen-bond acceptors (Lipinski definition) is 6. The number of ether oxygens (including phenoxy) is 1. The standard InChI is InChI=1S/C9H15Cl3NO6PS/c1-3-18-20(16,19-4-2)6(13-8(15)21)7(14)17-5-9(10,11)12/h6H,3-5H2,1-2H3,(H2,13,15,21). The summed E-state index contributed by atoms with van der Waals surface area (Å²) in [5.74, 6) is -2.84. The van der Waals surface area contributed by atoms with E-state index in [1.54, 1.807) is 0 Å². The molecule has 1 atom stereocenters. The summed E-state index contributed by atoms with van der Waals surface area (Å²) in [7, 11) is -4.01. The average molecular weight is 403 g/mol. The number of carbonyl (C=O) groups excluding carboxylic acids is 2. The molecule has 0 aromatic carbocycles. The van der Waals surface area contributed by atoms with Gasteiger partial charge in [-0.05, 0) is 13.8 Å². The van der Waals surface area contributed by atoms with E-state index in [0.29, 0.717) is 0 Å². The fraction of sp³-hybridized carbons (Fsp3) is 0.778. The number of nitrogens with one attached hydrogen (secondary N) is 1. The number of thiol groups is 1. The van der Waals surface area contributed by atoms with Crippen LogP contribution in [0.5, 0.6) is 0 Å². The monoisotopic (exact) mass is 401 g/mol. The number of rotatable bonds is 8. The van der Waals surface area contributed by atoms with Gasteiger partial charge in [-0.1, -0.05) is 47.4 Å². The number of hydrogen-bond donors (Lipinski definition) is 2. The minimum absolute atomic E-state index is 0.0199. The maximum atomic E-state index is 12.5. The van der Waals surface area contributed by atoms with E-state index >= 15 is 0 Å². The number of esters is 1. The molecule has 7 nitrogen and oxygen atoms in total. The highest BCUT2D eigenvalue weighted by Crippen LogP contribution is 2.52. The zero-order valence-electron chi connectivity index (χ0n) is 11.2. The van der Waals surface area contributed by atoms with Gasteiger partial charge < -0.3 is 19.1 Å². The van der Waals surface area contributed by atoms with E-state index in [-0.39, 0.29) is 13.2 Å². The predicted octanol–water partition coefficient (Wildman–Crippen LogP) is 3.13. The van der Waals surface area contributed by atoms with Gasteiger partial charge in [0.15, 0.2) is 0 Å². The lowest BCUT2D eigenvalue weighted by molar-refractivity contribution is -0.143. The van der Waals surface area contributed by atoms with Gasteiger partial charge in [0.1, 0.15) is 6.61 Å². The van der Waals surface area contributed by atoms with Crippen LogP contribution in [0.1, 0.15) is 13.8 Å². The minimum Gasteiger partial charge on any atom is -0.459 e. The summed E-state index contributed by atoms with van der Waals surface area (Å²) in [4.78, 5) is 23.0. The van der Waals surface area contributed by atoms with Crippen molar-refractivity contribution in [1.29, 1.82) is 0 Å². The zero-order valence-corrected chi connectivity index (χ0v) is 15.2. The third-order valence-corrected chi connectivity index (χ3v) is 4.46. The summed E-state index contributed by atoms with van der Waals surface area (Å²) in [6.07, 6.45) is 0. The Bertz CT molecular complexity index is 409. The largest absolute Gasteiger partial charge is 0.459 e. The van der Waals surface area contributed by atoms with Gasteiger partial charge in [0.05, 0.1) is 13.2 Å². The van der Waals surface area contributed by atoms with Crippen LogP contribution in [0.4, 0.5) is 4.79 Å². The number of alkyl halides is 3. The molecule has 0 saturated heterocycles. The van der Waals surface area contributed by atoms with Crippen LogP contribution < -0.4 is 5.32 Å². The van der Waals surface area contributed by atoms with Crippen LogP contribution in [-0.4, -0.2) is 40.6 Å². The number of halogens is 3. The summed E-state index contributed by atoms with van der Waals surface area (Å²) in [5, 5.41) is 1.11. The molecule has 0 bridgehead atoms. The van der Waals surface area contributed by atoms with E-state index in [4.69, 9.17) is 48.6 Å². The molecule has 0 aliphatic heterocycles. The molecule has 1 N–H and O–H groups in total. The maximum absolute atomic E-state index is 12.5. The second-order valence-corrected chi connectivity index (χ2v) is 8.49. The van der Waals surface area contributed by atoms with Crippen molar-refractivity contribution in [3.8, 4) is 0 Å². The lowest BCUT2D eigenvalue weighted by Crippen LogP contribution is -2.41.